The van der Waals surface area contributed by atoms with Crippen LogP contribution in [0.15, 0.2) is 30.5 Å². The summed E-state index contributed by atoms with van der Waals surface area (Å²) in [6, 6.07) is 6.21. The molecule has 0 amide bonds. The van der Waals surface area contributed by atoms with E-state index in [-0.39, 0.29) is 12.3 Å². The first-order valence-corrected chi connectivity index (χ1v) is 7.23. The number of sulfonamides is 1. The molecule has 102 valence electrons. The number of benzene rings is 1. The van der Waals surface area contributed by atoms with Gasteiger partial charge in [-0.15, -0.1) is 5.10 Å². The van der Waals surface area contributed by atoms with Gasteiger partial charge in [0.05, 0.1) is 18.5 Å². The van der Waals surface area contributed by atoms with Gasteiger partial charge in [0.2, 0.25) is 10.0 Å². The molecule has 0 aliphatic rings. The van der Waals surface area contributed by atoms with Crippen molar-refractivity contribution in [2.45, 2.75) is 6.54 Å². The highest BCUT2D eigenvalue weighted by Crippen LogP contribution is 2.19. The first-order valence-electron chi connectivity index (χ1n) is 5.58. The number of nitrogens with one attached hydrogen (secondary N) is 1. The Bertz CT molecular complexity index is 669. The third kappa shape index (κ3) is 3.36. The molecule has 6 nitrogen and oxygen atoms in total. The highest BCUT2D eigenvalue weighted by molar-refractivity contribution is 7.89. The lowest BCUT2D eigenvalue weighted by Gasteiger charge is -2.01. The maximum Gasteiger partial charge on any atom is 0.213 e. The minimum atomic E-state index is -3.29. The molecule has 0 radical (unpaired) electrons. The summed E-state index contributed by atoms with van der Waals surface area (Å²) in [7, 11) is -1.95. The number of hydrogen-bond donors (Lipinski definition) is 1. The van der Waals surface area contributed by atoms with Gasteiger partial charge in [0.15, 0.2) is 0 Å². The Morgan fingerprint density at radius 1 is 1.37 bits per heavy atom. The van der Waals surface area contributed by atoms with Gasteiger partial charge < -0.3 is 0 Å². The molecule has 0 spiro atoms. The van der Waals surface area contributed by atoms with Crippen LogP contribution in [0.4, 0.5) is 4.39 Å². The van der Waals surface area contributed by atoms with Crippen LogP contribution in [-0.4, -0.2) is 36.2 Å². The van der Waals surface area contributed by atoms with E-state index in [0.717, 1.165) is 0 Å². The van der Waals surface area contributed by atoms with Gasteiger partial charge in [-0.3, -0.25) is 4.68 Å². The van der Waals surface area contributed by atoms with Crippen LogP contribution in [0.1, 0.15) is 0 Å². The van der Waals surface area contributed by atoms with Crippen molar-refractivity contribution in [2.75, 3.05) is 12.8 Å². The Kier molecular flexibility index (Phi) is 3.91. The molecule has 1 aromatic carbocycles. The van der Waals surface area contributed by atoms with Crippen LogP contribution in [0.2, 0.25) is 0 Å². The molecule has 1 aromatic heterocycles. The number of hydrogen-bond acceptors (Lipinski definition) is 4. The second-order valence-electron chi connectivity index (χ2n) is 3.87. The smallest absolute Gasteiger partial charge is 0.213 e. The molecule has 2 aromatic rings. The Labute approximate surface area is 110 Å². The number of nitrogens with zero attached hydrogens (tertiary/aromatic N) is 3. The van der Waals surface area contributed by atoms with Gasteiger partial charge in [-0.05, 0) is 19.2 Å². The molecule has 19 heavy (non-hydrogen) atoms. The highest BCUT2D eigenvalue weighted by atomic mass is 32.2. The van der Waals surface area contributed by atoms with E-state index in [1.807, 2.05) is 0 Å². The summed E-state index contributed by atoms with van der Waals surface area (Å²) in [6.07, 6.45) is 1.52. The topological polar surface area (TPSA) is 76.9 Å². The van der Waals surface area contributed by atoms with E-state index >= 15 is 0 Å². The lowest BCUT2D eigenvalue weighted by atomic mass is 10.1. The standard InChI is InChI=1S/C11H13FN4O2S/c1-13-19(17,18)7-6-16-8-11(14-15-16)9-4-2-3-5-10(9)12/h2-5,8,13H,6-7H2,1H3. The van der Waals surface area contributed by atoms with Crippen molar-refractivity contribution in [3.05, 3.63) is 36.3 Å². The number of halogens is 1. The van der Waals surface area contributed by atoms with Gasteiger partial charge in [0.25, 0.3) is 0 Å². The predicted octanol–water partition coefficient (Wildman–Crippen LogP) is 0.633. The quantitative estimate of drug-likeness (QED) is 0.874. The zero-order valence-corrected chi connectivity index (χ0v) is 11.1. The Morgan fingerprint density at radius 2 is 2.11 bits per heavy atom. The van der Waals surface area contributed by atoms with E-state index in [9.17, 15) is 12.8 Å². The fourth-order valence-electron chi connectivity index (χ4n) is 1.52. The summed E-state index contributed by atoms with van der Waals surface area (Å²) in [5.41, 5.74) is 0.713. The van der Waals surface area contributed by atoms with E-state index in [2.05, 4.69) is 15.0 Å². The second-order valence-corrected chi connectivity index (χ2v) is 5.92. The molecule has 0 unspecified atom stereocenters. The molecule has 1 N–H and O–H groups in total. The van der Waals surface area contributed by atoms with Crippen molar-refractivity contribution in [1.82, 2.24) is 19.7 Å². The molecular weight excluding hydrogens is 271 g/mol. The molecule has 0 atom stereocenters. The third-order valence-corrected chi connectivity index (χ3v) is 3.93. The van der Waals surface area contributed by atoms with E-state index < -0.39 is 15.8 Å². The van der Waals surface area contributed by atoms with E-state index in [0.29, 0.717) is 11.3 Å². The second kappa shape index (κ2) is 5.45. The van der Waals surface area contributed by atoms with Gasteiger partial charge in [0.1, 0.15) is 11.5 Å². The third-order valence-electron chi connectivity index (χ3n) is 2.59. The van der Waals surface area contributed by atoms with Crippen molar-refractivity contribution in [3.63, 3.8) is 0 Å². The Hall–Kier alpha value is -1.80. The van der Waals surface area contributed by atoms with Gasteiger partial charge in [0, 0.05) is 5.56 Å². The lowest BCUT2D eigenvalue weighted by Crippen LogP contribution is -2.24. The first kappa shape index (κ1) is 13.6. The first-order chi connectivity index (χ1) is 9.02. The monoisotopic (exact) mass is 284 g/mol. The molecule has 0 fully saturated rings. The van der Waals surface area contributed by atoms with Crippen LogP contribution in [0, 0.1) is 5.82 Å². The van der Waals surface area contributed by atoms with Crippen molar-refractivity contribution >= 4 is 10.0 Å². The zero-order chi connectivity index (χ0) is 13.9. The Morgan fingerprint density at radius 3 is 2.79 bits per heavy atom. The van der Waals surface area contributed by atoms with E-state index in [1.54, 1.807) is 18.2 Å². The van der Waals surface area contributed by atoms with Crippen molar-refractivity contribution in [3.8, 4) is 11.3 Å². The average molecular weight is 284 g/mol. The van der Waals surface area contributed by atoms with E-state index in [1.165, 1.54) is 24.0 Å². The van der Waals surface area contributed by atoms with Crippen LogP contribution in [0.5, 0.6) is 0 Å². The summed E-state index contributed by atoms with van der Waals surface area (Å²) in [5.74, 6) is -0.499. The van der Waals surface area contributed by atoms with Gasteiger partial charge in [-0.1, -0.05) is 17.3 Å². The molecular formula is C11H13FN4O2S. The van der Waals surface area contributed by atoms with Gasteiger partial charge in [-0.2, -0.15) is 0 Å². The molecule has 8 heteroatoms. The lowest BCUT2D eigenvalue weighted by molar-refractivity contribution is 0.568. The van der Waals surface area contributed by atoms with Gasteiger partial charge in [-0.25, -0.2) is 17.5 Å². The summed E-state index contributed by atoms with van der Waals surface area (Å²) < 4.78 is 39.7. The summed E-state index contributed by atoms with van der Waals surface area (Å²) in [4.78, 5) is 0. The molecule has 2 rings (SSSR count). The largest absolute Gasteiger partial charge is 0.251 e. The van der Waals surface area contributed by atoms with Gasteiger partial charge >= 0.3 is 0 Å². The summed E-state index contributed by atoms with van der Waals surface area (Å²) >= 11 is 0. The van der Waals surface area contributed by atoms with E-state index in [4.69, 9.17) is 0 Å². The molecule has 0 aliphatic heterocycles. The number of aryl methyl sites for hydroxylation is 1. The number of rotatable bonds is 5. The minimum absolute atomic E-state index is 0.108. The van der Waals surface area contributed by atoms with Crippen molar-refractivity contribution in [1.29, 1.82) is 0 Å². The highest BCUT2D eigenvalue weighted by Gasteiger charge is 2.11. The van der Waals surface area contributed by atoms with Crippen LogP contribution < -0.4 is 4.72 Å². The van der Waals surface area contributed by atoms with Crippen LogP contribution in [0.25, 0.3) is 11.3 Å². The fraction of sp³-hybridized carbons (Fsp3) is 0.273. The predicted molar refractivity (Wildman–Crippen MR) is 68.3 cm³/mol. The van der Waals surface area contributed by atoms with Crippen LogP contribution in [-0.2, 0) is 16.6 Å². The maximum atomic E-state index is 13.5. The van der Waals surface area contributed by atoms with Crippen LogP contribution in [0.3, 0.4) is 0 Å². The summed E-state index contributed by atoms with van der Waals surface area (Å²) in [5, 5.41) is 7.61. The molecule has 0 bridgehead atoms. The van der Waals surface area contributed by atoms with Crippen molar-refractivity contribution < 1.29 is 12.8 Å². The number of aromatic nitrogens is 3. The normalized spacial score (nSPS) is 11.7. The minimum Gasteiger partial charge on any atom is -0.251 e. The maximum absolute atomic E-state index is 13.5. The average Bonchev–Trinajstić information content (AvgIpc) is 2.86. The molecule has 0 saturated heterocycles. The SMILES string of the molecule is CNS(=O)(=O)CCn1cc(-c2ccccc2F)nn1. The zero-order valence-electron chi connectivity index (χ0n) is 10.2. The summed E-state index contributed by atoms with van der Waals surface area (Å²) in [6.45, 7) is 0.157. The van der Waals surface area contributed by atoms with Crippen molar-refractivity contribution in [2.24, 2.45) is 0 Å². The molecule has 0 aliphatic carbocycles. The Balaban J connectivity index is 2.14. The fourth-order valence-corrected chi connectivity index (χ4v) is 2.15. The molecule has 0 saturated carbocycles. The van der Waals surface area contributed by atoms with Crippen LogP contribution >= 0.6 is 0 Å². The molecule has 1 heterocycles.